The van der Waals surface area contributed by atoms with E-state index in [9.17, 15) is 9.18 Å². The number of hydrogen-bond acceptors (Lipinski definition) is 5. The number of aromatic nitrogens is 2. The molecule has 6 nitrogen and oxygen atoms in total. The summed E-state index contributed by atoms with van der Waals surface area (Å²) >= 11 is 0. The van der Waals surface area contributed by atoms with Gasteiger partial charge in [-0.15, -0.1) is 10.2 Å². The van der Waals surface area contributed by atoms with Crippen LogP contribution in [-0.4, -0.2) is 71.2 Å². The fourth-order valence-corrected chi connectivity index (χ4v) is 5.64. The van der Waals surface area contributed by atoms with Gasteiger partial charge in [0.1, 0.15) is 5.82 Å². The van der Waals surface area contributed by atoms with Crippen LogP contribution >= 0.6 is 0 Å². The summed E-state index contributed by atoms with van der Waals surface area (Å²) in [5.41, 5.74) is 1.39. The Morgan fingerprint density at radius 3 is 2.27 bits per heavy atom. The van der Waals surface area contributed by atoms with Gasteiger partial charge < -0.3 is 14.7 Å². The van der Waals surface area contributed by atoms with Crippen molar-refractivity contribution < 1.29 is 9.18 Å². The van der Waals surface area contributed by atoms with Gasteiger partial charge >= 0.3 is 0 Å². The van der Waals surface area contributed by atoms with Gasteiger partial charge in [0.25, 0.3) is 0 Å². The van der Waals surface area contributed by atoms with E-state index in [1.165, 1.54) is 44.5 Å². The number of anilines is 1. The first-order valence-corrected chi connectivity index (χ1v) is 12.5. The summed E-state index contributed by atoms with van der Waals surface area (Å²) in [5, 5.41) is 8.68. The molecule has 4 heterocycles. The lowest BCUT2D eigenvalue weighted by atomic mass is 9.93. The van der Waals surface area contributed by atoms with Gasteiger partial charge in [-0.25, -0.2) is 4.39 Å². The summed E-state index contributed by atoms with van der Waals surface area (Å²) in [6.45, 7) is 5.93. The van der Waals surface area contributed by atoms with Crippen molar-refractivity contribution in [3.8, 4) is 11.3 Å². The molecule has 0 atom stereocenters. The Balaban J connectivity index is 1.11. The Morgan fingerprint density at radius 1 is 0.848 bits per heavy atom. The molecule has 0 N–H and O–H groups in total. The van der Waals surface area contributed by atoms with Crippen LogP contribution in [0.2, 0.25) is 0 Å². The Bertz CT molecular complexity index is 930. The molecule has 176 valence electrons. The molecule has 3 fully saturated rings. The van der Waals surface area contributed by atoms with Crippen molar-refractivity contribution in [2.45, 2.75) is 51.0 Å². The van der Waals surface area contributed by atoms with Crippen LogP contribution in [-0.2, 0) is 4.79 Å². The monoisotopic (exact) mass is 451 g/mol. The molecule has 0 aliphatic carbocycles. The summed E-state index contributed by atoms with van der Waals surface area (Å²) in [5.74, 6) is 1.01. The lowest BCUT2D eigenvalue weighted by Crippen LogP contribution is -2.50. The van der Waals surface area contributed by atoms with Crippen molar-refractivity contribution in [1.29, 1.82) is 0 Å². The molecule has 5 rings (SSSR count). The quantitative estimate of drug-likeness (QED) is 0.704. The fraction of sp³-hybridized carbons (Fsp3) is 0.577. The van der Waals surface area contributed by atoms with Crippen LogP contribution in [0.15, 0.2) is 36.4 Å². The molecule has 2 aromatic rings. The standard InChI is InChI=1S/C26H34FN5O/c27-22-6-4-5-21(19-22)24-7-8-25(29-28-24)31-15-9-20(10-16-31)26(33)32-17-11-23(12-18-32)30-13-2-1-3-14-30/h4-8,19-20,23H,1-3,9-18H2. The van der Waals surface area contributed by atoms with Crippen molar-refractivity contribution in [2.24, 2.45) is 5.92 Å². The zero-order chi connectivity index (χ0) is 22.6. The fourth-order valence-electron chi connectivity index (χ4n) is 5.64. The third-order valence-electron chi connectivity index (χ3n) is 7.62. The molecule has 0 radical (unpaired) electrons. The zero-order valence-corrected chi connectivity index (χ0v) is 19.3. The number of hydrogen-bond donors (Lipinski definition) is 0. The molecule has 3 saturated heterocycles. The highest BCUT2D eigenvalue weighted by Gasteiger charge is 2.32. The van der Waals surface area contributed by atoms with Gasteiger partial charge in [-0.05, 0) is 75.9 Å². The lowest BCUT2D eigenvalue weighted by Gasteiger charge is -2.41. The summed E-state index contributed by atoms with van der Waals surface area (Å²) in [6.07, 6.45) is 7.99. The molecule has 1 aromatic carbocycles. The molecule has 0 spiro atoms. The molecular formula is C26H34FN5O. The molecule has 1 aromatic heterocycles. The van der Waals surface area contributed by atoms with E-state index < -0.39 is 0 Å². The largest absolute Gasteiger partial charge is 0.355 e. The number of halogens is 1. The minimum atomic E-state index is -0.277. The maximum absolute atomic E-state index is 13.5. The molecule has 1 amide bonds. The Morgan fingerprint density at radius 2 is 1.61 bits per heavy atom. The molecule has 7 heteroatoms. The van der Waals surface area contributed by atoms with E-state index in [4.69, 9.17) is 0 Å². The van der Waals surface area contributed by atoms with Crippen LogP contribution in [0.5, 0.6) is 0 Å². The normalized spacial score (nSPS) is 21.4. The minimum Gasteiger partial charge on any atom is -0.355 e. The van der Waals surface area contributed by atoms with E-state index >= 15 is 0 Å². The highest BCUT2D eigenvalue weighted by Crippen LogP contribution is 2.27. The van der Waals surface area contributed by atoms with Crippen LogP contribution in [0.4, 0.5) is 10.2 Å². The average Bonchev–Trinajstić information content (AvgIpc) is 2.89. The van der Waals surface area contributed by atoms with Crippen LogP contribution < -0.4 is 4.90 Å². The highest BCUT2D eigenvalue weighted by atomic mass is 19.1. The number of likely N-dealkylation sites (tertiary alicyclic amines) is 2. The third-order valence-corrected chi connectivity index (χ3v) is 7.62. The van der Waals surface area contributed by atoms with Crippen LogP contribution in [0, 0.1) is 11.7 Å². The van der Waals surface area contributed by atoms with Gasteiger partial charge in [0.15, 0.2) is 5.82 Å². The van der Waals surface area contributed by atoms with E-state index in [2.05, 4.69) is 24.9 Å². The van der Waals surface area contributed by atoms with Crippen LogP contribution in [0.1, 0.15) is 44.9 Å². The molecule has 3 aliphatic rings. The topological polar surface area (TPSA) is 52.6 Å². The van der Waals surface area contributed by atoms with Gasteiger partial charge in [0.05, 0.1) is 5.69 Å². The van der Waals surface area contributed by atoms with Crippen molar-refractivity contribution in [2.75, 3.05) is 44.2 Å². The molecule has 0 unspecified atom stereocenters. The maximum Gasteiger partial charge on any atom is 0.225 e. The predicted octanol–water partition coefficient (Wildman–Crippen LogP) is 3.98. The maximum atomic E-state index is 13.5. The van der Waals surface area contributed by atoms with E-state index in [1.54, 1.807) is 6.07 Å². The van der Waals surface area contributed by atoms with E-state index in [0.29, 0.717) is 17.6 Å². The van der Waals surface area contributed by atoms with Gasteiger partial charge in [-0.2, -0.15) is 0 Å². The Kier molecular flexibility index (Phi) is 6.85. The summed E-state index contributed by atoms with van der Waals surface area (Å²) < 4.78 is 13.5. The molecule has 0 bridgehead atoms. The SMILES string of the molecule is O=C(C1CCN(c2ccc(-c3cccc(F)c3)nn2)CC1)N1CCC(N2CCCCC2)CC1. The van der Waals surface area contributed by atoms with Crippen molar-refractivity contribution >= 4 is 11.7 Å². The van der Waals surface area contributed by atoms with Gasteiger partial charge in [-0.3, -0.25) is 4.79 Å². The van der Waals surface area contributed by atoms with Crippen molar-refractivity contribution in [3.05, 3.63) is 42.2 Å². The summed E-state index contributed by atoms with van der Waals surface area (Å²) in [7, 11) is 0. The molecule has 33 heavy (non-hydrogen) atoms. The first-order valence-electron chi connectivity index (χ1n) is 12.5. The average molecular weight is 452 g/mol. The first kappa shape index (κ1) is 22.3. The highest BCUT2D eigenvalue weighted by molar-refractivity contribution is 5.79. The molecule has 0 saturated carbocycles. The number of rotatable bonds is 4. The number of piperidine rings is 3. The lowest BCUT2D eigenvalue weighted by molar-refractivity contribution is -0.137. The second-order valence-corrected chi connectivity index (χ2v) is 9.70. The first-order chi connectivity index (χ1) is 16.2. The minimum absolute atomic E-state index is 0.118. The number of benzene rings is 1. The second kappa shape index (κ2) is 10.2. The van der Waals surface area contributed by atoms with E-state index in [1.807, 2.05) is 18.2 Å². The Labute approximate surface area is 195 Å². The van der Waals surface area contributed by atoms with Gasteiger partial charge in [-0.1, -0.05) is 18.6 Å². The van der Waals surface area contributed by atoms with Gasteiger partial charge in [0, 0.05) is 43.7 Å². The van der Waals surface area contributed by atoms with E-state index in [-0.39, 0.29) is 11.7 Å². The number of carbonyl (C=O) groups excluding carboxylic acids is 1. The van der Waals surface area contributed by atoms with Crippen molar-refractivity contribution in [3.63, 3.8) is 0 Å². The number of amides is 1. The van der Waals surface area contributed by atoms with Crippen LogP contribution in [0.3, 0.4) is 0 Å². The predicted molar refractivity (Wildman–Crippen MR) is 127 cm³/mol. The van der Waals surface area contributed by atoms with Crippen molar-refractivity contribution in [1.82, 2.24) is 20.0 Å². The third kappa shape index (κ3) is 5.18. The van der Waals surface area contributed by atoms with Crippen LogP contribution in [0.25, 0.3) is 11.3 Å². The second-order valence-electron chi connectivity index (χ2n) is 9.70. The summed E-state index contributed by atoms with van der Waals surface area (Å²) in [6, 6.07) is 10.9. The molecule has 3 aliphatic heterocycles. The zero-order valence-electron chi connectivity index (χ0n) is 19.3. The van der Waals surface area contributed by atoms with E-state index in [0.717, 1.165) is 63.2 Å². The summed E-state index contributed by atoms with van der Waals surface area (Å²) in [4.78, 5) is 20.1. The Hall–Kier alpha value is -2.54. The van der Waals surface area contributed by atoms with Gasteiger partial charge in [0.2, 0.25) is 5.91 Å². The molecular weight excluding hydrogens is 417 g/mol. The number of carbonyl (C=O) groups is 1. The number of nitrogens with zero attached hydrogens (tertiary/aromatic N) is 5. The smallest absolute Gasteiger partial charge is 0.225 e.